The van der Waals surface area contributed by atoms with E-state index in [0.29, 0.717) is 11.1 Å². The van der Waals surface area contributed by atoms with Crippen LogP contribution < -0.4 is 10.0 Å². The first kappa shape index (κ1) is 32.3. The number of alkyl halides is 3. The highest BCUT2D eigenvalue weighted by Crippen LogP contribution is 2.34. The number of aryl methyl sites for hydroxylation is 1. The van der Waals surface area contributed by atoms with Crippen molar-refractivity contribution in [2.45, 2.75) is 36.4 Å². The van der Waals surface area contributed by atoms with Gasteiger partial charge in [-0.1, -0.05) is 18.2 Å². The van der Waals surface area contributed by atoms with Crippen molar-refractivity contribution in [1.29, 1.82) is 0 Å². The summed E-state index contributed by atoms with van der Waals surface area (Å²) >= 11 is 0. The zero-order valence-electron chi connectivity index (χ0n) is 23.5. The number of carbonyl (C=O) groups excluding carboxylic acids is 2. The summed E-state index contributed by atoms with van der Waals surface area (Å²) in [6, 6.07) is 8.54. The summed E-state index contributed by atoms with van der Waals surface area (Å²) in [7, 11) is -4.92. The molecule has 11 nitrogen and oxygen atoms in total. The van der Waals surface area contributed by atoms with Crippen molar-refractivity contribution in [3.8, 4) is 0 Å². The number of amidine groups is 1. The lowest BCUT2D eigenvalue weighted by atomic mass is 9.89. The minimum Gasteiger partial charge on any atom is -0.348 e. The van der Waals surface area contributed by atoms with Gasteiger partial charge in [0.2, 0.25) is 26.0 Å². The molecule has 2 aromatic rings. The molecule has 1 fully saturated rings. The van der Waals surface area contributed by atoms with E-state index in [9.17, 15) is 39.6 Å². The Hall–Kier alpha value is -3.60. The van der Waals surface area contributed by atoms with Gasteiger partial charge >= 0.3 is 6.18 Å². The van der Waals surface area contributed by atoms with Crippen LogP contribution in [-0.2, 0) is 35.8 Å². The molecule has 2 aliphatic rings. The first-order chi connectivity index (χ1) is 19.9. The maximum Gasteiger partial charge on any atom is 0.416 e. The Bertz CT molecular complexity index is 1710. The number of rotatable bonds is 8. The molecule has 0 radical (unpaired) electrons. The predicted molar refractivity (Wildman–Crippen MR) is 153 cm³/mol. The molecule has 1 saturated heterocycles. The fourth-order valence-electron chi connectivity index (χ4n) is 4.59. The number of hydrogen-bond donors (Lipinski definition) is 2. The maximum absolute atomic E-state index is 13.1. The maximum atomic E-state index is 13.1. The Morgan fingerprint density at radius 3 is 2.40 bits per heavy atom. The summed E-state index contributed by atoms with van der Waals surface area (Å²) in [5.74, 6) is -0.920. The summed E-state index contributed by atoms with van der Waals surface area (Å²) in [5, 5.41) is 3.53. The zero-order chi connectivity index (χ0) is 31.8. The Morgan fingerprint density at radius 2 is 1.79 bits per heavy atom. The lowest BCUT2D eigenvalue weighted by Gasteiger charge is -2.34. The summed E-state index contributed by atoms with van der Waals surface area (Å²) in [5.41, 5.74) is -1.14. The molecule has 2 amide bonds. The van der Waals surface area contributed by atoms with Crippen molar-refractivity contribution >= 4 is 43.8 Å². The van der Waals surface area contributed by atoms with Crippen LogP contribution in [0.1, 0.15) is 35.1 Å². The van der Waals surface area contributed by atoms with E-state index in [4.69, 9.17) is 0 Å². The van der Waals surface area contributed by atoms with E-state index in [2.05, 4.69) is 15.0 Å². The number of hydrogen-bond acceptors (Lipinski definition) is 7. The van der Waals surface area contributed by atoms with Crippen molar-refractivity contribution < 1.29 is 39.6 Å². The molecule has 16 heteroatoms. The standard InChI is InChI=1S/C27H30F3N5O6S2/c1-18-15-22(43(40,41)31-17-23(36)34(2)3)8-7-19(18)9-14-42(38,39)35-12-10-26(11-13-35)25(37)32-24(33-26)20-5-4-6-21(16-20)27(28,29)30/h4-9,14-16,31H,10-13,17H2,1-3H3,(H,32,33,37). The second-order valence-corrected chi connectivity index (χ2v) is 14.0. The molecule has 1 spiro atoms. The van der Waals surface area contributed by atoms with E-state index >= 15 is 0 Å². The number of sulfonamides is 2. The van der Waals surface area contributed by atoms with Crippen LogP contribution in [0.2, 0.25) is 0 Å². The summed E-state index contributed by atoms with van der Waals surface area (Å²) in [4.78, 5) is 30.1. The van der Waals surface area contributed by atoms with Gasteiger partial charge in [0.1, 0.15) is 11.4 Å². The molecule has 0 atom stereocenters. The molecule has 2 aliphatic heterocycles. The van der Waals surface area contributed by atoms with Crippen LogP contribution in [0, 0.1) is 6.92 Å². The van der Waals surface area contributed by atoms with E-state index in [1.807, 2.05) is 0 Å². The summed E-state index contributed by atoms with van der Waals surface area (Å²) in [6.45, 7) is 1.10. The third-order valence-corrected chi connectivity index (χ3v) is 10.2. The van der Waals surface area contributed by atoms with Gasteiger partial charge in [-0.25, -0.2) is 21.6 Å². The SMILES string of the molecule is Cc1cc(S(=O)(=O)NCC(=O)N(C)C)ccc1C=CS(=O)(=O)N1CCC2(CC1)N=C(c1cccc(C(F)(F)F)c1)NC2=O. The summed E-state index contributed by atoms with van der Waals surface area (Å²) in [6.07, 6.45) is -3.17. The zero-order valence-corrected chi connectivity index (χ0v) is 25.1. The number of carbonyl (C=O) groups is 2. The molecule has 0 bridgehead atoms. The fraction of sp³-hybridized carbons (Fsp3) is 0.370. The molecule has 2 heterocycles. The Labute approximate surface area is 247 Å². The van der Waals surface area contributed by atoms with Gasteiger partial charge in [-0.05, 0) is 61.2 Å². The molecule has 4 rings (SSSR count). The van der Waals surface area contributed by atoms with Crippen molar-refractivity contribution in [3.05, 3.63) is 70.1 Å². The highest BCUT2D eigenvalue weighted by molar-refractivity contribution is 7.92. The highest BCUT2D eigenvalue weighted by Gasteiger charge is 2.47. The number of halogens is 3. The van der Waals surface area contributed by atoms with Crippen LogP contribution in [0.15, 0.2) is 57.8 Å². The summed E-state index contributed by atoms with van der Waals surface area (Å²) < 4.78 is 94.0. The van der Waals surface area contributed by atoms with Gasteiger partial charge in [0.25, 0.3) is 5.91 Å². The molecule has 43 heavy (non-hydrogen) atoms. The first-order valence-corrected chi connectivity index (χ1v) is 16.0. The van der Waals surface area contributed by atoms with E-state index in [1.54, 1.807) is 6.92 Å². The van der Waals surface area contributed by atoms with Gasteiger partial charge in [0, 0.05) is 38.2 Å². The molecular weight excluding hydrogens is 611 g/mol. The molecule has 0 unspecified atom stereocenters. The minimum atomic E-state index is -4.56. The quantitative estimate of drug-likeness (QED) is 0.452. The van der Waals surface area contributed by atoms with Crippen LogP contribution >= 0.6 is 0 Å². The van der Waals surface area contributed by atoms with Gasteiger partial charge in [-0.3, -0.25) is 14.6 Å². The van der Waals surface area contributed by atoms with E-state index in [0.717, 1.165) is 17.5 Å². The topological polar surface area (TPSA) is 145 Å². The molecule has 0 aromatic heterocycles. The highest BCUT2D eigenvalue weighted by atomic mass is 32.2. The van der Waals surface area contributed by atoms with Crippen LogP contribution in [0.25, 0.3) is 6.08 Å². The van der Waals surface area contributed by atoms with Crippen LogP contribution in [0.4, 0.5) is 13.2 Å². The van der Waals surface area contributed by atoms with Gasteiger partial charge < -0.3 is 10.2 Å². The van der Waals surface area contributed by atoms with E-state index in [-0.39, 0.29) is 42.2 Å². The average molecular weight is 642 g/mol. The number of benzene rings is 2. The Balaban J connectivity index is 1.43. The predicted octanol–water partition coefficient (Wildman–Crippen LogP) is 2.09. The average Bonchev–Trinajstić information content (AvgIpc) is 3.25. The number of nitrogens with one attached hydrogen (secondary N) is 2. The number of piperidine rings is 1. The van der Waals surface area contributed by atoms with Crippen molar-refractivity contribution in [2.24, 2.45) is 4.99 Å². The minimum absolute atomic E-state index is 0.00717. The molecule has 0 saturated carbocycles. The number of amides is 2. The lowest BCUT2D eigenvalue weighted by Crippen LogP contribution is -2.50. The molecule has 2 N–H and O–H groups in total. The van der Waals surface area contributed by atoms with Gasteiger partial charge in [-0.2, -0.15) is 17.5 Å². The normalized spacial score (nSPS) is 17.7. The number of aliphatic imine (C=N–C) groups is 1. The molecule has 0 aliphatic carbocycles. The van der Waals surface area contributed by atoms with Gasteiger partial charge in [0.05, 0.1) is 17.0 Å². The van der Waals surface area contributed by atoms with Crippen molar-refractivity contribution in [3.63, 3.8) is 0 Å². The molecular formula is C27H30F3N5O6S2. The van der Waals surface area contributed by atoms with Crippen LogP contribution in [0.5, 0.6) is 0 Å². The lowest BCUT2D eigenvalue weighted by molar-refractivity contribution is -0.137. The number of nitrogens with zero attached hydrogens (tertiary/aromatic N) is 3. The van der Waals surface area contributed by atoms with Crippen molar-refractivity contribution in [1.82, 2.24) is 19.2 Å². The smallest absolute Gasteiger partial charge is 0.348 e. The van der Waals surface area contributed by atoms with Crippen LogP contribution in [0.3, 0.4) is 0 Å². The monoisotopic (exact) mass is 641 g/mol. The molecule has 2 aromatic carbocycles. The number of likely N-dealkylation sites (N-methyl/N-ethyl adjacent to an activating group) is 1. The first-order valence-electron chi connectivity index (χ1n) is 13.0. The van der Waals surface area contributed by atoms with E-state index in [1.165, 1.54) is 59.7 Å². The van der Waals surface area contributed by atoms with E-state index < -0.39 is 55.7 Å². The van der Waals surface area contributed by atoms with Gasteiger partial charge in [-0.15, -0.1) is 0 Å². The second kappa shape index (κ2) is 11.8. The Morgan fingerprint density at radius 1 is 1.12 bits per heavy atom. The molecule has 232 valence electrons. The van der Waals surface area contributed by atoms with Crippen molar-refractivity contribution in [2.75, 3.05) is 33.7 Å². The van der Waals surface area contributed by atoms with Gasteiger partial charge in [0.15, 0.2) is 0 Å². The fourth-order valence-corrected chi connectivity index (χ4v) is 6.83. The third-order valence-electron chi connectivity index (χ3n) is 7.24. The Kier molecular flexibility index (Phi) is 8.89. The third kappa shape index (κ3) is 7.14. The van der Waals surface area contributed by atoms with Crippen LogP contribution in [-0.4, -0.2) is 83.0 Å². The second-order valence-electron chi connectivity index (χ2n) is 10.4. The largest absolute Gasteiger partial charge is 0.416 e.